The molecule has 1 fully saturated rings. The number of hydrogen-bond acceptors (Lipinski definition) is 3. The third-order valence-corrected chi connectivity index (χ3v) is 6.92. The highest BCUT2D eigenvalue weighted by Crippen LogP contribution is 2.23. The Morgan fingerprint density at radius 3 is 2.44 bits per heavy atom. The van der Waals surface area contributed by atoms with Crippen molar-refractivity contribution in [1.82, 2.24) is 9.62 Å². The first-order valence-electron chi connectivity index (χ1n) is 9.01. The summed E-state index contributed by atoms with van der Waals surface area (Å²) in [4.78, 5) is 12.7. The molecule has 1 N–H and O–H groups in total. The SMILES string of the molecule is Cc1ccc(S(=O)(=O)N2CCCC2)cc1C(=O)NCCc1ccc(Cl)cc1. The highest BCUT2D eigenvalue weighted by molar-refractivity contribution is 7.89. The summed E-state index contributed by atoms with van der Waals surface area (Å²) in [5.41, 5.74) is 2.22. The fourth-order valence-corrected chi connectivity index (χ4v) is 4.82. The van der Waals surface area contributed by atoms with Gasteiger partial charge in [-0.25, -0.2) is 8.42 Å². The quantitative estimate of drug-likeness (QED) is 0.799. The van der Waals surface area contributed by atoms with E-state index in [-0.39, 0.29) is 10.8 Å². The van der Waals surface area contributed by atoms with E-state index in [0.717, 1.165) is 24.0 Å². The number of hydrogen-bond donors (Lipinski definition) is 1. The van der Waals surface area contributed by atoms with Crippen LogP contribution in [0.15, 0.2) is 47.4 Å². The first kappa shape index (κ1) is 19.9. The molecule has 27 heavy (non-hydrogen) atoms. The largest absolute Gasteiger partial charge is 0.352 e. The smallest absolute Gasteiger partial charge is 0.251 e. The van der Waals surface area contributed by atoms with Crippen LogP contribution in [0.4, 0.5) is 0 Å². The van der Waals surface area contributed by atoms with Gasteiger partial charge in [-0.2, -0.15) is 4.31 Å². The maximum Gasteiger partial charge on any atom is 0.251 e. The highest BCUT2D eigenvalue weighted by Gasteiger charge is 2.28. The Hall–Kier alpha value is -1.89. The third-order valence-electron chi connectivity index (χ3n) is 4.77. The molecule has 3 rings (SSSR count). The number of aryl methyl sites for hydroxylation is 1. The van der Waals surface area contributed by atoms with Crippen molar-refractivity contribution in [3.63, 3.8) is 0 Å². The molecule has 1 saturated heterocycles. The third kappa shape index (κ3) is 4.69. The monoisotopic (exact) mass is 406 g/mol. The number of sulfonamides is 1. The molecule has 2 aromatic rings. The van der Waals surface area contributed by atoms with Crippen LogP contribution in [0.3, 0.4) is 0 Å². The molecule has 0 atom stereocenters. The maximum atomic E-state index is 12.7. The summed E-state index contributed by atoms with van der Waals surface area (Å²) in [6.45, 7) is 3.35. The van der Waals surface area contributed by atoms with Gasteiger partial charge in [0, 0.05) is 30.2 Å². The second-order valence-electron chi connectivity index (χ2n) is 6.72. The summed E-state index contributed by atoms with van der Waals surface area (Å²) in [5.74, 6) is -0.264. The van der Waals surface area contributed by atoms with Gasteiger partial charge in [0.2, 0.25) is 10.0 Å². The lowest BCUT2D eigenvalue weighted by Crippen LogP contribution is -2.29. The lowest BCUT2D eigenvalue weighted by atomic mass is 10.1. The van der Waals surface area contributed by atoms with Crippen LogP contribution in [0.2, 0.25) is 5.02 Å². The van der Waals surface area contributed by atoms with Crippen molar-refractivity contribution in [2.24, 2.45) is 0 Å². The molecule has 5 nitrogen and oxygen atoms in total. The van der Waals surface area contributed by atoms with Crippen molar-refractivity contribution >= 4 is 27.5 Å². The number of carbonyl (C=O) groups excluding carboxylic acids is 1. The minimum absolute atomic E-state index is 0.179. The van der Waals surface area contributed by atoms with E-state index < -0.39 is 10.0 Å². The number of carbonyl (C=O) groups is 1. The molecule has 1 aliphatic heterocycles. The molecule has 0 radical (unpaired) electrons. The van der Waals surface area contributed by atoms with Gasteiger partial charge in [-0.15, -0.1) is 0 Å². The van der Waals surface area contributed by atoms with Crippen LogP contribution in [0, 0.1) is 6.92 Å². The molecule has 144 valence electrons. The first-order chi connectivity index (χ1) is 12.9. The lowest BCUT2D eigenvalue weighted by Gasteiger charge is -2.17. The first-order valence-corrected chi connectivity index (χ1v) is 10.8. The van der Waals surface area contributed by atoms with E-state index in [4.69, 9.17) is 11.6 Å². The molecule has 0 bridgehead atoms. The van der Waals surface area contributed by atoms with E-state index in [2.05, 4.69) is 5.32 Å². The zero-order valence-corrected chi connectivity index (χ0v) is 16.8. The molecule has 0 aliphatic carbocycles. The normalized spacial score (nSPS) is 15.0. The maximum absolute atomic E-state index is 12.7. The van der Waals surface area contributed by atoms with E-state index in [1.165, 1.54) is 10.4 Å². The second kappa shape index (κ2) is 8.42. The van der Waals surface area contributed by atoms with Gasteiger partial charge in [0.15, 0.2) is 0 Å². The zero-order valence-electron chi connectivity index (χ0n) is 15.2. The van der Waals surface area contributed by atoms with Crippen LogP contribution < -0.4 is 5.32 Å². The van der Waals surface area contributed by atoms with Gasteiger partial charge >= 0.3 is 0 Å². The molecule has 0 spiro atoms. The van der Waals surface area contributed by atoms with E-state index in [1.54, 1.807) is 19.1 Å². The highest BCUT2D eigenvalue weighted by atomic mass is 35.5. The predicted molar refractivity (Wildman–Crippen MR) is 107 cm³/mol. The number of nitrogens with one attached hydrogen (secondary N) is 1. The molecule has 1 aliphatic rings. The molecule has 7 heteroatoms. The second-order valence-corrected chi connectivity index (χ2v) is 9.09. The van der Waals surface area contributed by atoms with Crippen LogP contribution in [0.1, 0.15) is 34.3 Å². The standard InChI is InChI=1S/C20H23ClN2O3S/c1-15-4-9-18(27(25,26)23-12-2-3-13-23)14-19(15)20(24)22-11-10-16-5-7-17(21)8-6-16/h4-9,14H,2-3,10-13H2,1H3,(H,22,24). The fraction of sp³-hybridized carbons (Fsp3) is 0.350. The number of rotatable bonds is 6. The Balaban J connectivity index is 1.69. The van der Waals surface area contributed by atoms with Crippen molar-refractivity contribution < 1.29 is 13.2 Å². The Labute approximate surface area is 165 Å². The van der Waals surface area contributed by atoms with Crippen molar-refractivity contribution in [2.75, 3.05) is 19.6 Å². The van der Waals surface area contributed by atoms with Crippen molar-refractivity contribution in [3.05, 3.63) is 64.2 Å². The molecular weight excluding hydrogens is 384 g/mol. The van der Waals surface area contributed by atoms with Crippen LogP contribution >= 0.6 is 11.6 Å². The molecule has 1 amide bonds. The summed E-state index contributed by atoms with van der Waals surface area (Å²) >= 11 is 5.87. The average molecular weight is 407 g/mol. The topological polar surface area (TPSA) is 66.5 Å². The number of halogens is 1. The van der Waals surface area contributed by atoms with Crippen molar-refractivity contribution in [2.45, 2.75) is 31.1 Å². The molecular formula is C20H23ClN2O3S. The van der Waals surface area contributed by atoms with Crippen LogP contribution in [-0.2, 0) is 16.4 Å². The molecule has 0 unspecified atom stereocenters. The number of benzene rings is 2. The van der Waals surface area contributed by atoms with Crippen molar-refractivity contribution in [3.8, 4) is 0 Å². The van der Waals surface area contributed by atoms with Gasteiger partial charge < -0.3 is 5.32 Å². The Kier molecular flexibility index (Phi) is 6.19. The van der Waals surface area contributed by atoms with Gasteiger partial charge in [-0.3, -0.25) is 4.79 Å². The summed E-state index contributed by atoms with van der Waals surface area (Å²) in [6, 6.07) is 12.2. The molecule has 0 aromatic heterocycles. The van der Waals surface area contributed by atoms with Gasteiger partial charge in [0.25, 0.3) is 5.91 Å². The van der Waals surface area contributed by atoms with Gasteiger partial charge in [0.05, 0.1) is 4.90 Å². The summed E-state index contributed by atoms with van der Waals surface area (Å²) < 4.78 is 26.9. The minimum atomic E-state index is -3.54. The molecule has 0 saturated carbocycles. The van der Waals surface area contributed by atoms with E-state index in [0.29, 0.717) is 36.6 Å². The summed E-state index contributed by atoms with van der Waals surface area (Å²) in [5, 5.41) is 3.55. The lowest BCUT2D eigenvalue weighted by molar-refractivity contribution is 0.0953. The molecule has 2 aromatic carbocycles. The fourth-order valence-electron chi connectivity index (χ4n) is 3.15. The Morgan fingerprint density at radius 1 is 1.11 bits per heavy atom. The van der Waals surface area contributed by atoms with Gasteiger partial charge in [-0.05, 0) is 61.6 Å². The zero-order chi connectivity index (χ0) is 19.4. The van der Waals surface area contributed by atoms with Crippen LogP contribution in [0.5, 0.6) is 0 Å². The Bertz CT molecular complexity index is 921. The van der Waals surface area contributed by atoms with Gasteiger partial charge in [-0.1, -0.05) is 29.8 Å². The predicted octanol–water partition coefficient (Wildman–Crippen LogP) is 3.41. The number of amides is 1. The molecule has 1 heterocycles. The van der Waals surface area contributed by atoms with Crippen LogP contribution in [-0.4, -0.2) is 38.3 Å². The van der Waals surface area contributed by atoms with Crippen molar-refractivity contribution in [1.29, 1.82) is 0 Å². The Morgan fingerprint density at radius 2 is 1.78 bits per heavy atom. The summed E-state index contributed by atoms with van der Waals surface area (Å²) in [7, 11) is -3.54. The van der Waals surface area contributed by atoms with E-state index in [1.807, 2.05) is 24.3 Å². The summed E-state index contributed by atoms with van der Waals surface area (Å²) in [6.07, 6.45) is 2.43. The van der Waals surface area contributed by atoms with E-state index >= 15 is 0 Å². The minimum Gasteiger partial charge on any atom is -0.352 e. The average Bonchev–Trinajstić information content (AvgIpc) is 3.19. The van der Waals surface area contributed by atoms with Crippen LogP contribution in [0.25, 0.3) is 0 Å². The van der Waals surface area contributed by atoms with Gasteiger partial charge in [0.1, 0.15) is 0 Å². The van der Waals surface area contributed by atoms with E-state index in [9.17, 15) is 13.2 Å². The number of nitrogens with zero attached hydrogens (tertiary/aromatic N) is 1.